The molecule has 1 amide bonds. The minimum absolute atomic E-state index is 0.0106. The Balaban J connectivity index is 1.30. The molecule has 0 saturated carbocycles. The van der Waals surface area contributed by atoms with Crippen LogP contribution < -0.4 is 5.32 Å². The van der Waals surface area contributed by atoms with Crippen molar-refractivity contribution in [3.8, 4) is 11.5 Å². The highest BCUT2D eigenvalue weighted by molar-refractivity contribution is 7.71. The first-order chi connectivity index (χ1) is 15.0. The molecule has 0 bridgehead atoms. The van der Waals surface area contributed by atoms with Crippen molar-refractivity contribution in [1.82, 2.24) is 19.6 Å². The molecule has 0 aliphatic carbocycles. The summed E-state index contributed by atoms with van der Waals surface area (Å²) in [5, 5.41) is 7.52. The molecule has 1 fully saturated rings. The predicted molar refractivity (Wildman–Crippen MR) is 123 cm³/mol. The summed E-state index contributed by atoms with van der Waals surface area (Å²) in [5.74, 6) is 0.556. The van der Waals surface area contributed by atoms with Crippen LogP contribution in [-0.4, -0.2) is 58.2 Å². The molecule has 1 aliphatic rings. The van der Waals surface area contributed by atoms with Crippen molar-refractivity contribution >= 4 is 23.8 Å². The first-order valence-electron chi connectivity index (χ1n) is 10.4. The second kappa shape index (κ2) is 9.55. The number of anilines is 1. The molecule has 1 aromatic heterocycles. The Morgan fingerprint density at radius 3 is 2.45 bits per heavy atom. The van der Waals surface area contributed by atoms with Crippen LogP contribution >= 0.6 is 12.2 Å². The molecule has 31 heavy (non-hydrogen) atoms. The van der Waals surface area contributed by atoms with Gasteiger partial charge in [-0.25, -0.2) is 4.68 Å². The van der Waals surface area contributed by atoms with E-state index in [0.717, 1.165) is 37.4 Å². The zero-order valence-electron chi connectivity index (χ0n) is 17.9. The predicted octanol–water partition coefficient (Wildman–Crippen LogP) is 3.70. The molecule has 4 rings (SSSR count). The zero-order valence-corrected chi connectivity index (χ0v) is 18.7. The van der Waals surface area contributed by atoms with Crippen LogP contribution in [0.1, 0.15) is 11.1 Å². The van der Waals surface area contributed by atoms with Crippen molar-refractivity contribution in [2.24, 2.45) is 0 Å². The van der Waals surface area contributed by atoms with Gasteiger partial charge in [0.05, 0.1) is 13.2 Å². The Hall–Kier alpha value is -2.81. The molecule has 1 saturated heterocycles. The normalized spacial score (nSPS) is 15.2. The van der Waals surface area contributed by atoms with Gasteiger partial charge in [-0.1, -0.05) is 24.3 Å². The molecule has 1 aliphatic heterocycles. The Kier molecular flexibility index (Phi) is 6.60. The van der Waals surface area contributed by atoms with Gasteiger partial charge in [-0.05, 0) is 61.5 Å². The maximum Gasteiger partial charge on any atom is 0.288 e. The van der Waals surface area contributed by atoms with Crippen molar-refractivity contribution < 1.29 is 9.21 Å². The van der Waals surface area contributed by atoms with Crippen molar-refractivity contribution in [1.29, 1.82) is 0 Å². The number of aromatic nitrogens is 2. The third-order valence-electron chi connectivity index (χ3n) is 5.58. The van der Waals surface area contributed by atoms with Crippen LogP contribution in [0.4, 0.5) is 5.69 Å². The fourth-order valence-electron chi connectivity index (χ4n) is 3.59. The van der Waals surface area contributed by atoms with Gasteiger partial charge in [0.2, 0.25) is 11.8 Å². The number of carbonyl (C=O) groups excluding carboxylic acids is 1. The molecule has 1 N–H and O–H groups in total. The molecule has 162 valence electrons. The first kappa shape index (κ1) is 21.4. The van der Waals surface area contributed by atoms with E-state index in [1.54, 1.807) is 4.68 Å². The number of rotatable bonds is 6. The summed E-state index contributed by atoms with van der Waals surface area (Å²) in [4.78, 5) is 17.1. The number of aryl methyl sites for hydroxylation is 2. The smallest absolute Gasteiger partial charge is 0.288 e. The lowest BCUT2D eigenvalue weighted by Gasteiger charge is -2.33. The molecule has 7 nitrogen and oxygen atoms in total. The van der Waals surface area contributed by atoms with Crippen molar-refractivity contribution in [3.05, 3.63) is 64.5 Å². The standard InChI is InChI=1S/C23H27N5O2S/c1-17-8-9-19(14-18(17)2)22-25-28(23(31)30-22)16-27-12-10-26(11-13-27)15-21(29)24-20-6-4-3-5-7-20/h3-9,14H,10-13,15-16H2,1-2H3,(H,24,29). The van der Waals surface area contributed by atoms with Gasteiger partial charge in [0.1, 0.15) is 0 Å². The van der Waals surface area contributed by atoms with Crippen LogP contribution in [0.3, 0.4) is 0 Å². The average molecular weight is 438 g/mol. The number of hydrogen-bond donors (Lipinski definition) is 1. The van der Waals surface area contributed by atoms with E-state index in [1.165, 1.54) is 11.1 Å². The van der Waals surface area contributed by atoms with Gasteiger partial charge in [-0.3, -0.25) is 14.6 Å². The van der Waals surface area contributed by atoms with Gasteiger partial charge in [-0.15, -0.1) is 5.10 Å². The molecule has 2 aromatic carbocycles. The lowest BCUT2D eigenvalue weighted by Crippen LogP contribution is -2.48. The van der Waals surface area contributed by atoms with E-state index in [0.29, 0.717) is 23.9 Å². The molecule has 2 heterocycles. The zero-order chi connectivity index (χ0) is 21.8. The summed E-state index contributed by atoms with van der Waals surface area (Å²) in [6.45, 7) is 8.44. The van der Waals surface area contributed by atoms with Crippen molar-refractivity contribution in [2.75, 3.05) is 38.0 Å². The summed E-state index contributed by atoms with van der Waals surface area (Å²) in [6.07, 6.45) is 0. The quantitative estimate of drug-likeness (QED) is 0.593. The number of hydrogen-bond acceptors (Lipinski definition) is 6. The highest BCUT2D eigenvalue weighted by atomic mass is 32.1. The molecular weight excluding hydrogens is 410 g/mol. The van der Waals surface area contributed by atoms with Gasteiger partial charge in [0.25, 0.3) is 4.84 Å². The highest BCUT2D eigenvalue weighted by Gasteiger charge is 2.20. The third-order valence-corrected chi connectivity index (χ3v) is 5.88. The van der Waals surface area contributed by atoms with Gasteiger partial charge in [0, 0.05) is 37.4 Å². The molecule has 0 unspecified atom stereocenters. The average Bonchev–Trinajstić information content (AvgIpc) is 3.12. The Morgan fingerprint density at radius 2 is 1.74 bits per heavy atom. The lowest BCUT2D eigenvalue weighted by molar-refractivity contribution is -0.117. The Labute approximate surface area is 187 Å². The van der Waals surface area contributed by atoms with E-state index < -0.39 is 0 Å². The minimum atomic E-state index is 0.0106. The second-order valence-corrected chi connectivity index (χ2v) is 8.27. The van der Waals surface area contributed by atoms with E-state index in [2.05, 4.69) is 46.2 Å². The van der Waals surface area contributed by atoms with E-state index in [1.807, 2.05) is 36.4 Å². The Bertz CT molecular complexity index is 1100. The van der Waals surface area contributed by atoms with E-state index in [-0.39, 0.29) is 5.91 Å². The van der Waals surface area contributed by atoms with Crippen LogP contribution in [0.25, 0.3) is 11.5 Å². The minimum Gasteiger partial charge on any atom is -0.409 e. The number of nitrogens with one attached hydrogen (secondary N) is 1. The number of piperazine rings is 1. The summed E-state index contributed by atoms with van der Waals surface area (Å²) < 4.78 is 7.48. The number of nitrogens with zero attached hydrogens (tertiary/aromatic N) is 4. The summed E-state index contributed by atoms with van der Waals surface area (Å²) >= 11 is 5.39. The SMILES string of the molecule is Cc1ccc(-c2nn(CN3CCN(CC(=O)Nc4ccccc4)CC3)c(=S)o2)cc1C. The van der Waals surface area contributed by atoms with Crippen LogP contribution in [0.15, 0.2) is 52.9 Å². The number of carbonyl (C=O) groups is 1. The molecule has 0 atom stereocenters. The third kappa shape index (κ3) is 5.46. The molecule has 0 spiro atoms. The number of para-hydroxylation sites is 1. The molecule has 8 heteroatoms. The molecule has 3 aromatic rings. The van der Waals surface area contributed by atoms with Crippen LogP contribution in [-0.2, 0) is 11.5 Å². The first-order valence-corrected chi connectivity index (χ1v) is 10.8. The van der Waals surface area contributed by atoms with Crippen molar-refractivity contribution in [2.45, 2.75) is 20.5 Å². The summed E-state index contributed by atoms with van der Waals surface area (Å²) in [6, 6.07) is 15.7. The van der Waals surface area contributed by atoms with Crippen molar-refractivity contribution in [3.63, 3.8) is 0 Å². The highest BCUT2D eigenvalue weighted by Crippen LogP contribution is 2.21. The van der Waals surface area contributed by atoms with Gasteiger partial charge < -0.3 is 9.73 Å². The molecule has 0 radical (unpaired) electrons. The second-order valence-electron chi connectivity index (χ2n) is 7.92. The fourth-order valence-corrected chi connectivity index (χ4v) is 3.77. The van der Waals surface area contributed by atoms with E-state index in [9.17, 15) is 4.79 Å². The van der Waals surface area contributed by atoms with Gasteiger partial charge in [0.15, 0.2) is 0 Å². The monoisotopic (exact) mass is 437 g/mol. The van der Waals surface area contributed by atoms with E-state index >= 15 is 0 Å². The summed E-state index contributed by atoms with van der Waals surface area (Å²) in [7, 11) is 0. The molecular formula is C23H27N5O2S. The Morgan fingerprint density at radius 1 is 1.03 bits per heavy atom. The largest absolute Gasteiger partial charge is 0.409 e. The fraction of sp³-hybridized carbons (Fsp3) is 0.348. The van der Waals surface area contributed by atoms with Crippen LogP contribution in [0.5, 0.6) is 0 Å². The maximum atomic E-state index is 12.3. The number of amides is 1. The van der Waals surface area contributed by atoms with Gasteiger partial charge in [-0.2, -0.15) is 0 Å². The number of benzene rings is 2. The topological polar surface area (TPSA) is 66.5 Å². The lowest BCUT2D eigenvalue weighted by atomic mass is 10.1. The van der Waals surface area contributed by atoms with Crippen LogP contribution in [0, 0.1) is 18.7 Å². The van der Waals surface area contributed by atoms with Crippen LogP contribution in [0.2, 0.25) is 0 Å². The summed E-state index contributed by atoms with van der Waals surface area (Å²) in [5.41, 5.74) is 4.19. The van der Waals surface area contributed by atoms with Gasteiger partial charge >= 0.3 is 0 Å². The van der Waals surface area contributed by atoms with E-state index in [4.69, 9.17) is 16.6 Å². The maximum absolute atomic E-state index is 12.3.